The zero-order chi connectivity index (χ0) is 21.0. The van der Waals surface area contributed by atoms with Crippen molar-refractivity contribution in [2.75, 3.05) is 18.4 Å². The van der Waals surface area contributed by atoms with Crippen LogP contribution < -0.4 is 16.0 Å². The maximum Gasteiger partial charge on any atom is 0.226 e. The van der Waals surface area contributed by atoms with E-state index in [2.05, 4.69) is 20.9 Å². The molecule has 3 N–H and O–H groups in total. The molecule has 0 unspecified atom stereocenters. The molecule has 1 fully saturated rings. The number of benzene rings is 1. The molecule has 0 aliphatic heterocycles. The monoisotopic (exact) mass is 500 g/mol. The minimum atomic E-state index is -0.0605. The third-order valence-electron chi connectivity index (χ3n) is 5.34. The van der Waals surface area contributed by atoms with Crippen molar-refractivity contribution in [1.82, 2.24) is 15.6 Å². The maximum absolute atomic E-state index is 12.1. The number of rotatable bonds is 11. The second-order valence-electron chi connectivity index (χ2n) is 7.85. The van der Waals surface area contributed by atoms with Crippen molar-refractivity contribution in [2.45, 2.75) is 63.8 Å². The fourth-order valence-electron chi connectivity index (χ4n) is 3.69. The van der Waals surface area contributed by atoms with Gasteiger partial charge in [0.25, 0.3) is 0 Å². The van der Waals surface area contributed by atoms with Crippen LogP contribution in [-0.4, -0.2) is 35.9 Å². The standard InChI is InChI=1S/C23H32N4O2S.2ClH/c28-21(13-12-18-8-3-1-4-9-18)27-23-26-20(17-30-23)16-22(29)25-15-7-14-24-19-10-5-2-6-11-19;;/h1,3-4,8-9,17,19,24H,2,5-7,10-16H2,(H,25,29)(H,26,27,28);2*1H. The van der Waals surface area contributed by atoms with Gasteiger partial charge in [-0.05, 0) is 37.8 Å². The van der Waals surface area contributed by atoms with Crippen LogP contribution in [-0.2, 0) is 22.4 Å². The minimum absolute atomic E-state index is 0. The van der Waals surface area contributed by atoms with Crippen molar-refractivity contribution in [2.24, 2.45) is 0 Å². The van der Waals surface area contributed by atoms with Gasteiger partial charge in [-0.25, -0.2) is 4.98 Å². The molecule has 1 aliphatic rings. The van der Waals surface area contributed by atoms with Crippen molar-refractivity contribution >= 4 is 53.1 Å². The lowest BCUT2D eigenvalue weighted by atomic mass is 9.95. The first-order chi connectivity index (χ1) is 14.7. The van der Waals surface area contributed by atoms with E-state index in [1.165, 1.54) is 43.4 Å². The van der Waals surface area contributed by atoms with Crippen molar-refractivity contribution in [1.29, 1.82) is 0 Å². The van der Waals surface area contributed by atoms with E-state index in [1.54, 1.807) is 0 Å². The normalized spacial score (nSPS) is 13.5. The molecule has 0 saturated heterocycles. The van der Waals surface area contributed by atoms with Crippen molar-refractivity contribution < 1.29 is 9.59 Å². The first-order valence-electron chi connectivity index (χ1n) is 11.0. The molecule has 32 heavy (non-hydrogen) atoms. The number of carbonyl (C=O) groups is 2. The largest absolute Gasteiger partial charge is 0.356 e. The van der Waals surface area contributed by atoms with Crippen molar-refractivity contribution in [3.8, 4) is 0 Å². The lowest BCUT2D eigenvalue weighted by Gasteiger charge is -2.22. The molecule has 0 bridgehead atoms. The molecular weight excluding hydrogens is 467 g/mol. The van der Waals surface area contributed by atoms with E-state index >= 15 is 0 Å². The first kappa shape index (κ1) is 28.4. The van der Waals surface area contributed by atoms with Gasteiger partial charge in [-0.2, -0.15) is 0 Å². The Hall–Kier alpha value is -1.67. The van der Waals surface area contributed by atoms with Crippen LogP contribution in [0.1, 0.15) is 56.2 Å². The van der Waals surface area contributed by atoms with E-state index in [0.29, 0.717) is 36.3 Å². The highest BCUT2D eigenvalue weighted by Crippen LogP contribution is 2.17. The molecule has 9 heteroatoms. The predicted molar refractivity (Wildman–Crippen MR) is 136 cm³/mol. The van der Waals surface area contributed by atoms with E-state index in [4.69, 9.17) is 0 Å². The Morgan fingerprint density at radius 2 is 1.75 bits per heavy atom. The third kappa shape index (κ3) is 10.8. The lowest BCUT2D eigenvalue weighted by Crippen LogP contribution is -2.34. The fraction of sp³-hybridized carbons (Fsp3) is 0.522. The van der Waals surface area contributed by atoms with E-state index in [-0.39, 0.29) is 43.0 Å². The van der Waals surface area contributed by atoms with Crippen LogP contribution in [0.5, 0.6) is 0 Å². The SMILES string of the molecule is Cl.Cl.O=C(Cc1csc(NC(=O)CCc2ccccc2)n1)NCCCNC1CCCCC1. The number of hydrogen-bond donors (Lipinski definition) is 3. The van der Waals surface area contributed by atoms with Crippen LogP contribution in [0.3, 0.4) is 0 Å². The van der Waals surface area contributed by atoms with Crippen LogP contribution in [0.4, 0.5) is 5.13 Å². The Balaban J connectivity index is 0.00000256. The smallest absolute Gasteiger partial charge is 0.226 e. The summed E-state index contributed by atoms with van der Waals surface area (Å²) in [5.74, 6) is -0.0883. The number of aromatic nitrogens is 1. The highest BCUT2D eigenvalue weighted by atomic mass is 35.5. The van der Waals surface area contributed by atoms with Crippen molar-refractivity contribution in [3.05, 3.63) is 47.0 Å². The summed E-state index contributed by atoms with van der Waals surface area (Å²) < 4.78 is 0. The number of halogens is 2. The number of carbonyl (C=O) groups excluding carboxylic acids is 2. The molecule has 1 aromatic carbocycles. The zero-order valence-corrected chi connectivity index (χ0v) is 20.8. The molecule has 2 aromatic rings. The molecule has 3 rings (SSSR count). The maximum atomic E-state index is 12.1. The first-order valence-corrected chi connectivity index (χ1v) is 11.9. The van der Waals surface area contributed by atoms with E-state index < -0.39 is 0 Å². The third-order valence-corrected chi connectivity index (χ3v) is 6.14. The summed E-state index contributed by atoms with van der Waals surface area (Å²) in [5, 5.41) is 11.7. The van der Waals surface area contributed by atoms with Gasteiger partial charge >= 0.3 is 0 Å². The van der Waals surface area contributed by atoms with Crippen LogP contribution in [0.2, 0.25) is 0 Å². The van der Waals surface area contributed by atoms with Gasteiger partial charge in [-0.15, -0.1) is 36.2 Å². The molecule has 6 nitrogen and oxygen atoms in total. The fourth-order valence-corrected chi connectivity index (χ4v) is 4.41. The minimum Gasteiger partial charge on any atom is -0.356 e. The molecule has 1 aromatic heterocycles. The van der Waals surface area contributed by atoms with Gasteiger partial charge in [0.2, 0.25) is 11.8 Å². The Bertz CT molecular complexity index is 798. The van der Waals surface area contributed by atoms with Gasteiger partial charge in [0.05, 0.1) is 12.1 Å². The van der Waals surface area contributed by atoms with Gasteiger partial charge in [-0.1, -0.05) is 49.6 Å². The van der Waals surface area contributed by atoms with Crippen LogP contribution in [0.25, 0.3) is 0 Å². The quantitative estimate of drug-likeness (QED) is 0.395. The average Bonchev–Trinajstić information content (AvgIpc) is 3.20. The summed E-state index contributed by atoms with van der Waals surface area (Å²) in [6.07, 6.45) is 8.87. The van der Waals surface area contributed by atoms with Crippen LogP contribution in [0.15, 0.2) is 35.7 Å². The second kappa shape index (κ2) is 16.0. The van der Waals surface area contributed by atoms with Crippen molar-refractivity contribution in [3.63, 3.8) is 0 Å². The number of aryl methyl sites for hydroxylation is 1. The summed E-state index contributed by atoms with van der Waals surface area (Å²) in [7, 11) is 0. The molecule has 1 saturated carbocycles. The van der Waals surface area contributed by atoms with E-state index in [9.17, 15) is 9.59 Å². The Morgan fingerprint density at radius 1 is 1.00 bits per heavy atom. The van der Waals surface area contributed by atoms with Crippen LogP contribution in [0, 0.1) is 0 Å². The predicted octanol–water partition coefficient (Wildman–Crippen LogP) is 4.53. The summed E-state index contributed by atoms with van der Waals surface area (Å²) >= 11 is 1.36. The number of nitrogens with one attached hydrogen (secondary N) is 3. The number of thiazole rings is 1. The molecule has 0 radical (unpaired) electrons. The van der Waals surface area contributed by atoms with Crippen LogP contribution >= 0.6 is 36.2 Å². The number of anilines is 1. The molecule has 1 heterocycles. The highest BCUT2D eigenvalue weighted by Gasteiger charge is 2.12. The van der Waals surface area contributed by atoms with Gasteiger partial charge in [0.15, 0.2) is 5.13 Å². The highest BCUT2D eigenvalue weighted by molar-refractivity contribution is 7.13. The topological polar surface area (TPSA) is 83.1 Å². The van der Waals surface area contributed by atoms with E-state index in [1.807, 2.05) is 35.7 Å². The molecule has 0 spiro atoms. The summed E-state index contributed by atoms with van der Waals surface area (Å²) in [6, 6.07) is 10.6. The van der Waals surface area contributed by atoms with E-state index in [0.717, 1.165) is 18.5 Å². The molecule has 1 aliphatic carbocycles. The number of hydrogen-bond acceptors (Lipinski definition) is 5. The summed E-state index contributed by atoms with van der Waals surface area (Å²) in [6.45, 7) is 1.62. The summed E-state index contributed by atoms with van der Waals surface area (Å²) in [4.78, 5) is 28.6. The average molecular weight is 502 g/mol. The molecule has 0 atom stereocenters. The van der Waals surface area contributed by atoms with Gasteiger partial charge in [0.1, 0.15) is 0 Å². The molecular formula is C23H34Cl2N4O2S. The van der Waals surface area contributed by atoms with Gasteiger partial charge in [0, 0.05) is 24.4 Å². The Morgan fingerprint density at radius 3 is 2.50 bits per heavy atom. The number of nitrogens with zero attached hydrogens (tertiary/aromatic N) is 1. The summed E-state index contributed by atoms with van der Waals surface area (Å²) in [5.41, 5.74) is 1.83. The Labute approximate surface area is 207 Å². The molecule has 2 amide bonds. The van der Waals surface area contributed by atoms with Gasteiger partial charge in [-0.3, -0.25) is 9.59 Å². The van der Waals surface area contributed by atoms with Gasteiger partial charge < -0.3 is 16.0 Å². The zero-order valence-electron chi connectivity index (χ0n) is 18.3. The Kier molecular flexibility index (Phi) is 14.2. The molecule has 178 valence electrons. The lowest BCUT2D eigenvalue weighted by molar-refractivity contribution is -0.120. The number of amides is 2. The second-order valence-corrected chi connectivity index (χ2v) is 8.71.